The standard InChI is InChI=1S/C7H11N2O/c1-7-3-4-8-9(7)5-6-10-2/h3H,5-6H2,1-2H3. The molecule has 0 fully saturated rings. The maximum absolute atomic E-state index is 4.90. The summed E-state index contributed by atoms with van der Waals surface area (Å²) in [6.45, 7) is 3.52. The van der Waals surface area contributed by atoms with E-state index in [0.29, 0.717) is 6.61 Å². The van der Waals surface area contributed by atoms with Crippen LogP contribution in [0.25, 0.3) is 0 Å². The molecule has 0 aliphatic rings. The average Bonchev–Trinajstić information content (AvgIpc) is 2.31. The van der Waals surface area contributed by atoms with Crippen LogP contribution in [0.3, 0.4) is 0 Å². The van der Waals surface area contributed by atoms with Crippen molar-refractivity contribution in [1.82, 2.24) is 9.78 Å². The first-order valence-corrected chi connectivity index (χ1v) is 3.24. The highest BCUT2D eigenvalue weighted by Crippen LogP contribution is 1.93. The number of nitrogens with zero attached hydrogens (tertiary/aromatic N) is 2. The summed E-state index contributed by atoms with van der Waals surface area (Å²) in [5, 5.41) is 3.96. The third-order valence-corrected chi connectivity index (χ3v) is 1.37. The van der Waals surface area contributed by atoms with Crippen molar-refractivity contribution in [2.75, 3.05) is 13.7 Å². The molecule has 1 aromatic rings. The van der Waals surface area contributed by atoms with E-state index < -0.39 is 0 Å². The molecule has 1 aromatic heterocycles. The fourth-order valence-corrected chi connectivity index (χ4v) is 0.749. The summed E-state index contributed by atoms with van der Waals surface area (Å²) >= 11 is 0. The Hall–Kier alpha value is -0.830. The van der Waals surface area contributed by atoms with Gasteiger partial charge < -0.3 is 4.74 Å². The maximum Gasteiger partial charge on any atom is 0.113 e. The van der Waals surface area contributed by atoms with Gasteiger partial charge in [-0.25, -0.2) is 0 Å². The van der Waals surface area contributed by atoms with Gasteiger partial charge in [0, 0.05) is 12.8 Å². The van der Waals surface area contributed by atoms with E-state index in [1.54, 1.807) is 7.11 Å². The highest BCUT2D eigenvalue weighted by Gasteiger charge is 1.94. The summed E-state index contributed by atoms with van der Waals surface area (Å²) < 4.78 is 6.76. The predicted molar refractivity (Wildman–Crippen MR) is 37.7 cm³/mol. The van der Waals surface area contributed by atoms with Crippen LogP contribution in [0.1, 0.15) is 5.69 Å². The van der Waals surface area contributed by atoms with Crippen LogP contribution >= 0.6 is 0 Å². The van der Waals surface area contributed by atoms with Crippen molar-refractivity contribution in [2.24, 2.45) is 0 Å². The van der Waals surface area contributed by atoms with Crippen LogP contribution in [0.2, 0.25) is 0 Å². The summed E-state index contributed by atoms with van der Waals surface area (Å²) in [6, 6.07) is 1.86. The molecule has 55 valence electrons. The third-order valence-electron chi connectivity index (χ3n) is 1.37. The number of hydrogen-bond donors (Lipinski definition) is 0. The summed E-state index contributed by atoms with van der Waals surface area (Å²) in [7, 11) is 1.68. The molecule has 1 heterocycles. The van der Waals surface area contributed by atoms with Gasteiger partial charge in [0.1, 0.15) is 6.20 Å². The van der Waals surface area contributed by atoms with E-state index >= 15 is 0 Å². The van der Waals surface area contributed by atoms with Crippen molar-refractivity contribution in [3.63, 3.8) is 0 Å². The predicted octanol–water partition coefficient (Wildman–Crippen LogP) is 0.638. The van der Waals surface area contributed by atoms with Crippen LogP contribution in [0, 0.1) is 13.1 Å². The number of ether oxygens (including phenoxy) is 1. The third kappa shape index (κ3) is 1.57. The second kappa shape index (κ2) is 3.37. The Morgan fingerprint density at radius 1 is 1.80 bits per heavy atom. The Morgan fingerprint density at radius 3 is 3.10 bits per heavy atom. The molecular weight excluding hydrogens is 128 g/mol. The lowest BCUT2D eigenvalue weighted by Crippen LogP contribution is -2.06. The molecule has 0 amide bonds. The fraction of sp³-hybridized carbons (Fsp3) is 0.571. The van der Waals surface area contributed by atoms with E-state index in [2.05, 4.69) is 11.3 Å². The zero-order valence-electron chi connectivity index (χ0n) is 6.29. The number of rotatable bonds is 3. The minimum atomic E-state index is 0.705. The molecule has 0 saturated heterocycles. The molecule has 0 aromatic carbocycles. The Labute approximate surface area is 60.6 Å². The van der Waals surface area contributed by atoms with Crippen LogP contribution in [-0.2, 0) is 11.3 Å². The highest BCUT2D eigenvalue weighted by atomic mass is 16.5. The van der Waals surface area contributed by atoms with Crippen molar-refractivity contribution in [3.8, 4) is 0 Å². The van der Waals surface area contributed by atoms with Crippen molar-refractivity contribution < 1.29 is 4.74 Å². The molecule has 1 rings (SSSR count). The number of methoxy groups -OCH3 is 1. The Morgan fingerprint density at radius 2 is 2.60 bits per heavy atom. The molecule has 10 heavy (non-hydrogen) atoms. The Balaban J connectivity index is 2.49. The van der Waals surface area contributed by atoms with E-state index in [1.165, 1.54) is 0 Å². The van der Waals surface area contributed by atoms with Crippen LogP contribution < -0.4 is 0 Å². The molecule has 0 spiro atoms. The van der Waals surface area contributed by atoms with E-state index in [9.17, 15) is 0 Å². The second-order valence-corrected chi connectivity index (χ2v) is 2.13. The van der Waals surface area contributed by atoms with Crippen LogP contribution in [0.4, 0.5) is 0 Å². The van der Waals surface area contributed by atoms with E-state index in [-0.39, 0.29) is 0 Å². The van der Waals surface area contributed by atoms with Crippen molar-refractivity contribution in [1.29, 1.82) is 0 Å². The molecule has 0 atom stereocenters. The van der Waals surface area contributed by atoms with E-state index in [1.807, 2.05) is 17.7 Å². The number of hydrogen-bond acceptors (Lipinski definition) is 2. The number of aromatic nitrogens is 2. The first-order valence-electron chi connectivity index (χ1n) is 3.24. The second-order valence-electron chi connectivity index (χ2n) is 2.13. The molecule has 0 unspecified atom stereocenters. The molecule has 0 saturated carbocycles. The molecule has 0 aliphatic carbocycles. The largest absolute Gasteiger partial charge is 0.383 e. The van der Waals surface area contributed by atoms with Gasteiger partial charge in [-0.15, -0.1) is 0 Å². The smallest absolute Gasteiger partial charge is 0.113 e. The Kier molecular flexibility index (Phi) is 2.45. The van der Waals surface area contributed by atoms with E-state index in [0.717, 1.165) is 12.2 Å². The fourth-order valence-electron chi connectivity index (χ4n) is 0.749. The first-order chi connectivity index (χ1) is 4.84. The molecule has 0 bridgehead atoms. The van der Waals surface area contributed by atoms with Gasteiger partial charge in [-0.1, -0.05) is 0 Å². The topological polar surface area (TPSA) is 27.1 Å². The lowest BCUT2D eigenvalue weighted by atomic mass is 10.5. The van der Waals surface area contributed by atoms with Crippen molar-refractivity contribution >= 4 is 0 Å². The lowest BCUT2D eigenvalue weighted by Gasteiger charge is -2.01. The summed E-state index contributed by atoms with van der Waals surface area (Å²) in [4.78, 5) is 0. The molecule has 3 nitrogen and oxygen atoms in total. The van der Waals surface area contributed by atoms with Crippen LogP contribution in [0.5, 0.6) is 0 Å². The van der Waals surface area contributed by atoms with Gasteiger partial charge in [-0.3, -0.25) is 4.68 Å². The minimum Gasteiger partial charge on any atom is -0.383 e. The van der Waals surface area contributed by atoms with Crippen LogP contribution in [0.15, 0.2) is 6.07 Å². The van der Waals surface area contributed by atoms with Crippen molar-refractivity contribution in [2.45, 2.75) is 13.5 Å². The normalized spacial score (nSPS) is 10.2. The summed E-state index contributed by atoms with van der Waals surface area (Å²) in [5.41, 5.74) is 1.12. The van der Waals surface area contributed by atoms with Gasteiger partial charge >= 0.3 is 0 Å². The SMILES string of the molecule is COCCn1n[c]cc1C. The van der Waals surface area contributed by atoms with Gasteiger partial charge in [-0.05, 0) is 13.0 Å². The van der Waals surface area contributed by atoms with Gasteiger partial charge in [0.25, 0.3) is 0 Å². The average molecular weight is 139 g/mol. The zero-order valence-corrected chi connectivity index (χ0v) is 6.29. The quantitative estimate of drug-likeness (QED) is 0.614. The molecule has 0 aliphatic heterocycles. The molecule has 0 N–H and O–H groups in total. The summed E-state index contributed by atoms with van der Waals surface area (Å²) in [5.74, 6) is 0. The summed E-state index contributed by atoms with van der Waals surface area (Å²) in [6.07, 6.45) is 2.76. The molecule has 1 radical (unpaired) electrons. The Bertz CT molecular complexity index is 195. The van der Waals surface area contributed by atoms with Gasteiger partial charge in [0.15, 0.2) is 0 Å². The first kappa shape index (κ1) is 7.28. The van der Waals surface area contributed by atoms with Crippen LogP contribution in [-0.4, -0.2) is 23.5 Å². The lowest BCUT2D eigenvalue weighted by molar-refractivity contribution is 0.183. The zero-order chi connectivity index (χ0) is 7.40. The maximum atomic E-state index is 4.90. The minimum absolute atomic E-state index is 0.705. The monoisotopic (exact) mass is 139 g/mol. The van der Waals surface area contributed by atoms with Gasteiger partial charge in [-0.2, -0.15) is 5.10 Å². The highest BCUT2D eigenvalue weighted by molar-refractivity contribution is 4.94. The van der Waals surface area contributed by atoms with E-state index in [4.69, 9.17) is 4.74 Å². The van der Waals surface area contributed by atoms with Gasteiger partial charge in [0.2, 0.25) is 0 Å². The number of aryl methyl sites for hydroxylation is 1. The van der Waals surface area contributed by atoms with Crippen molar-refractivity contribution in [3.05, 3.63) is 18.0 Å². The molecule has 3 heteroatoms. The molecular formula is C7H11N2O. The van der Waals surface area contributed by atoms with Gasteiger partial charge in [0.05, 0.1) is 13.2 Å².